The molecule has 0 aliphatic rings. The lowest BCUT2D eigenvalue weighted by Crippen LogP contribution is -2.01. The summed E-state index contributed by atoms with van der Waals surface area (Å²) < 4.78 is 1.82. The van der Waals surface area contributed by atoms with Crippen LogP contribution in [0.5, 0.6) is 0 Å². The Morgan fingerprint density at radius 1 is 1.26 bits per heavy atom. The summed E-state index contributed by atoms with van der Waals surface area (Å²) in [4.78, 5) is 9.78. The van der Waals surface area contributed by atoms with Crippen LogP contribution in [0, 0.1) is 0 Å². The molecule has 2 N–H and O–H groups in total. The molecule has 0 aliphatic carbocycles. The van der Waals surface area contributed by atoms with Crippen LogP contribution in [0.2, 0.25) is 5.02 Å². The number of thioether (sulfide) groups is 1. The van der Waals surface area contributed by atoms with E-state index < -0.39 is 0 Å². The lowest BCUT2D eigenvalue weighted by Gasteiger charge is -2.06. The molecule has 3 aromatic rings. The maximum Gasteiger partial charge on any atom is 0.207 e. The Labute approximate surface area is 119 Å². The van der Waals surface area contributed by atoms with Gasteiger partial charge in [0.2, 0.25) is 5.95 Å². The Balaban J connectivity index is 2.20. The third-order valence-corrected chi connectivity index (χ3v) is 3.77. The van der Waals surface area contributed by atoms with Gasteiger partial charge in [-0.3, -0.25) is 4.57 Å². The average Bonchev–Trinajstić information content (AvgIpc) is 2.74. The number of benzene rings is 1. The van der Waals surface area contributed by atoms with Crippen molar-refractivity contribution in [3.63, 3.8) is 0 Å². The van der Waals surface area contributed by atoms with E-state index in [4.69, 9.17) is 17.3 Å². The fourth-order valence-corrected chi connectivity index (χ4v) is 2.50. The minimum atomic E-state index is 0.404. The SMILES string of the molecule is CSc1ccc(-n2c(N)nc3cc(Cl)cnc32)cc1. The number of nitrogens with zero attached hydrogens (tertiary/aromatic N) is 3. The van der Waals surface area contributed by atoms with Crippen molar-refractivity contribution in [2.45, 2.75) is 4.90 Å². The van der Waals surface area contributed by atoms with Gasteiger partial charge in [0.05, 0.1) is 10.7 Å². The zero-order valence-corrected chi connectivity index (χ0v) is 11.7. The fraction of sp³-hybridized carbons (Fsp3) is 0.0769. The van der Waals surface area contributed by atoms with Crippen LogP contribution in [-0.2, 0) is 0 Å². The van der Waals surface area contributed by atoms with Crippen LogP contribution in [0.25, 0.3) is 16.9 Å². The molecule has 0 saturated heterocycles. The van der Waals surface area contributed by atoms with E-state index in [1.807, 2.05) is 35.1 Å². The maximum absolute atomic E-state index is 5.97. The highest BCUT2D eigenvalue weighted by atomic mass is 35.5. The number of rotatable bonds is 2. The first-order valence-corrected chi connectivity index (χ1v) is 7.23. The molecule has 0 saturated carbocycles. The number of aromatic nitrogens is 3. The molecule has 0 spiro atoms. The molecule has 19 heavy (non-hydrogen) atoms. The third kappa shape index (κ3) is 2.15. The summed E-state index contributed by atoms with van der Waals surface area (Å²) in [5, 5.41) is 0.551. The van der Waals surface area contributed by atoms with Crippen LogP contribution in [0.4, 0.5) is 5.95 Å². The van der Waals surface area contributed by atoms with E-state index in [2.05, 4.69) is 9.97 Å². The largest absolute Gasteiger partial charge is 0.369 e. The van der Waals surface area contributed by atoms with Crippen molar-refractivity contribution >= 4 is 40.5 Å². The van der Waals surface area contributed by atoms with Gasteiger partial charge in [-0.15, -0.1) is 11.8 Å². The molecule has 96 valence electrons. The third-order valence-electron chi connectivity index (χ3n) is 2.82. The average molecular weight is 291 g/mol. The van der Waals surface area contributed by atoms with Gasteiger partial charge in [-0.2, -0.15) is 0 Å². The van der Waals surface area contributed by atoms with Gasteiger partial charge in [0.1, 0.15) is 5.52 Å². The van der Waals surface area contributed by atoms with E-state index in [9.17, 15) is 0 Å². The molecule has 6 heteroatoms. The second kappa shape index (κ2) is 4.75. The van der Waals surface area contributed by atoms with Crippen molar-refractivity contribution < 1.29 is 0 Å². The number of halogens is 1. The minimum Gasteiger partial charge on any atom is -0.369 e. The van der Waals surface area contributed by atoms with Crippen molar-refractivity contribution in [3.05, 3.63) is 41.6 Å². The van der Waals surface area contributed by atoms with Crippen molar-refractivity contribution in [2.75, 3.05) is 12.0 Å². The number of imidazole rings is 1. The quantitative estimate of drug-likeness (QED) is 0.735. The predicted octanol–water partition coefficient (Wildman–Crippen LogP) is 3.38. The van der Waals surface area contributed by atoms with Crippen molar-refractivity contribution in [3.8, 4) is 5.69 Å². The highest BCUT2D eigenvalue weighted by Crippen LogP contribution is 2.24. The van der Waals surface area contributed by atoms with Crippen LogP contribution in [0.15, 0.2) is 41.4 Å². The van der Waals surface area contributed by atoms with Crippen molar-refractivity contribution in [1.29, 1.82) is 0 Å². The lowest BCUT2D eigenvalue weighted by atomic mass is 10.3. The highest BCUT2D eigenvalue weighted by molar-refractivity contribution is 7.98. The summed E-state index contributed by atoms with van der Waals surface area (Å²) in [5.74, 6) is 0.404. The lowest BCUT2D eigenvalue weighted by molar-refractivity contribution is 1.08. The van der Waals surface area contributed by atoms with Gasteiger partial charge in [0.15, 0.2) is 5.65 Å². The summed E-state index contributed by atoms with van der Waals surface area (Å²) in [6.45, 7) is 0. The van der Waals surface area contributed by atoms with Gasteiger partial charge in [-0.05, 0) is 36.6 Å². The highest BCUT2D eigenvalue weighted by Gasteiger charge is 2.11. The zero-order valence-electron chi connectivity index (χ0n) is 10.2. The summed E-state index contributed by atoms with van der Waals surface area (Å²) in [5.41, 5.74) is 8.31. The monoisotopic (exact) mass is 290 g/mol. The first-order valence-electron chi connectivity index (χ1n) is 5.63. The van der Waals surface area contributed by atoms with Gasteiger partial charge >= 0.3 is 0 Å². The number of pyridine rings is 1. The summed E-state index contributed by atoms with van der Waals surface area (Å²) >= 11 is 7.61. The number of fused-ring (bicyclic) bond motifs is 1. The molecule has 0 amide bonds. The molecule has 0 radical (unpaired) electrons. The molecular weight excluding hydrogens is 280 g/mol. The van der Waals surface area contributed by atoms with Crippen LogP contribution < -0.4 is 5.73 Å². The van der Waals surface area contributed by atoms with E-state index in [1.54, 1.807) is 24.0 Å². The molecule has 0 aliphatic heterocycles. The number of nitrogen functional groups attached to an aromatic ring is 1. The van der Waals surface area contributed by atoms with Gasteiger partial charge in [-0.1, -0.05) is 11.6 Å². The zero-order chi connectivity index (χ0) is 13.4. The van der Waals surface area contributed by atoms with Gasteiger partial charge in [0.25, 0.3) is 0 Å². The summed E-state index contributed by atoms with van der Waals surface area (Å²) in [6.07, 6.45) is 3.64. The summed E-state index contributed by atoms with van der Waals surface area (Å²) in [6, 6.07) is 9.84. The molecule has 2 heterocycles. The van der Waals surface area contributed by atoms with Crippen LogP contribution in [0.1, 0.15) is 0 Å². The van der Waals surface area contributed by atoms with Crippen LogP contribution in [0.3, 0.4) is 0 Å². The molecule has 1 aromatic carbocycles. The minimum absolute atomic E-state index is 0.404. The smallest absolute Gasteiger partial charge is 0.207 e. The standard InChI is InChI=1S/C13H11ClN4S/c1-19-10-4-2-9(3-5-10)18-12-11(17-13(18)15)6-8(14)7-16-12/h2-7H,1H3,(H2,15,17). The van der Waals surface area contributed by atoms with Gasteiger partial charge < -0.3 is 5.73 Å². The first kappa shape index (κ1) is 12.3. The predicted molar refractivity (Wildman–Crippen MR) is 80.1 cm³/mol. The number of nitrogens with two attached hydrogens (primary N) is 1. The van der Waals surface area contributed by atoms with E-state index in [0.29, 0.717) is 22.1 Å². The molecule has 4 nitrogen and oxygen atoms in total. The van der Waals surface area contributed by atoms with Gasteiger partial charge in [0, 0.05) is 11.1 Å². The van der Waals surface area contributed by atoms with E-state index in [0.717, 1.165) is 5.69 Å². The van der Waals surface area contributed by atoms with E-state index >= 15 is 0 Å². The first-order chi connectivity index (χ1) is 9.19. The van der Waals surface area contributed by atoms with Gasteiger partial charge in [-0.25, -0.2) is 9.97 Å². The fourth-order valence-electron chi connectivity index (χ4n) is 1.94. The summed E-state index contributed by atoms with van der Waals surface area (Å²) in [7, 11) is 0. The molecule has 3 rings (SSSR count). The second-order valence-electron chi connectivity index (χ2n) is 4.00. The normalized spacial score (nSPS) is 11.1. The molecule has 2 aromatic heterocycles. The number of hydrogen-bond donors (Lipinski definition) is 1. The Kier molecular flexibility index (Phi) is 3.08. The van der Waals surface area contributed by atoms with E-state index in [1.165, 1.54) is 4.90 Å². The van der Waals surface area contributed by atoms with Crippen molar-refractivity contribution in [2.24, 2.45) is 0 Å². The van der Waals surface area contributed by atoms with E-state index in [-0.39, 0.29) is 0 Å². The molecule has 0 fully saturated rings. The molecule has 0 bridgehead atoms. The number of anilines is 1. The Morgan fingerprint density at radius 2 is 2.00 bits per heavy atom. The Morgan fingerprint density at radius 3 is 2.68 bits per heavy atom. The van der Waals surface area contributed by atoms with Crippen LogP contribution >= 0.6 is 23.4 Å². The maximum atomic E-state index is 5.97. The van der Waals surface area contributed by atoms with Crippen LogP contribution in [-0.4, -0.2) is 20.8 Å². The Bertz CT molecular complexity index is 736. The molecule has 0 atom stereocenters. The number of hydrogen-bond acceptors (Lipinski definition) is 4. The Hall–Kier alpha value is -1.72. The molecule has 0 unspecified atom stereocenters. The second-order valence-corrected chi connectivity index (χ2v) is 5.32. The molecular formula is C13H11ClN4S. The van der Waals surface area contributed by atoms with Crippen molar-refractivity contribution in [1.82, 2.24) is 14.5 Å². The topological polar surface area (TPSA) is 56.7 Å².